The maximum Gasteiger partial charge on any atom is 0.172 e. The van der Waals surface area contributed by atoms with Crippen molar-refractivity contribution in [2.75, 3.05) is 33.0 Å². The number of hydroxylamine groups is 2. The first-order valence-electron chi connectivity index (χ1n) is 14.6. The minimum absolute atomic E-state index is 0.0628. The molecule has 7 nitrogen and oxygen atoms in total. The fraction of sp³-hybridized carbons (Fsp3) is 0.625. The average molecular weight is 540 g/mol. The van der Waals surface area contributed by atoms with Gasteiger partial charge in [0.2, 0.25) is 0 Å². The lowest BCUT2D eigenvalue weighted by Gasteiger charge is -2.58. The summed E-state index contributed by atoms with van der Waals surface area (Å²) in [7, 11) is 0. The Kier molecular flexibility index (Phi) is 8.96. The van der Waals surface area contributed by atoms with Crippen LogP contribution in [0.25, 0.3) is 0 Å². The number of benzene rings is 2. The summed E-state index contributed by atoms with van der Waals surface area (Å²) in [6.45, 7) is 12.7. The van der Waals surface area contributed by atoms with Gasteiger partial charge in [-0.25, -0.2) is 0 Å². The van der Waals surface area contributed by atoms with Gasteiger partial charge in [-0.3, -0.25) is 4.84 Å². The van der Waals surface area contributed by atoms with E-state index in [9.17, 15) is 0 Å². The Morgan fingerprint density at radius 3 is 2.31 bits per heavy atom. The van der Waals surface area contributed by atoms with Crippen molar-refractivity contribution in [1.29, 1.82) is 0 Å². The molecule has 214 valence electrons. The van der Waals surface area contributed by atoms with Crippen molar-refractivity contribution in [3.05, 3.63) is 65.7 Å². The first kappa shape index (κ1) is 28.5. The molecule has 2 aromatic rings. The summed E-state index contributed by atoms with van der Waals surface area (Å²) < 4.78 is 30.1. The fourth-order valence-electron chi connectivity index (χ4n) is 6.23. The topological polar surface area (TPSA) is 61.9 Å². The van der Waals surface area contributed by atoms with Gasteiger partial charge in [0.25, 0.3) is 0 Å². The Balaban J connectivity index is 1.16. The number of epoxide rings is 1. The van der Waals surface area contributed by atoms with E-state index in [0.717, 1.165) is 44.5 Å². The summed E-state index contributed by atoms with van der Waals surface area (Å²) in [5, 5.41) is 2.27. The highest BCUT2D eigenvalue weighted by Gasteiger charge is 2.59. The van der Waals surface area contributed by atoms with Crippen LogP contribution in [0.4, 0.5) is 0 Å². The molecular formula is C32H45NO6. The van der Waals surface area contributed by atoms with E-state index < -0.39 is 5.79 Å². The standard InChI is InChI=1S/C32H45NO6/c1-5-31(6-2)24-32(37-22-29(39-32)19-34-18-26-10-8-7-9-11-26)23-30(3,4)33(31)38-17-16-25-12-14-27(15-13-25)35-20-28-21-36-28/h7-15,28-29H,5-6,16-24H2,1-4H3. The van der Waals surface area contributed by atoms with Crippen LogP contribution in [0.15, 0.2) is 54.6 Å². The lowest BCUT2D eigenvalue weighted by molar-refractivity contribution is -0.346. The van der Waals surface area contributed by atoms with Gasteiger partial charge >= 0.3 is 0 Å². The molecule has 0 radical (unpaired) electrons. The molecule has 0 N–H and O–H groups in total. The first-order chi connectivity index (χ1) is 18.9. The molecule has 0 aromatic heterocycles. The van der Waals surface area contributed by atoms with Gasteiger partial charge in [0.05, 0.1) is 38.6 Å². The largest absolute Gasteiger partial charge is 0.491 e. The predicted molar refractivity (Wildman–Crippen MR) is 149 cm³/mol. The third kappa shape index (κ3) is 7.02. The third-order valence-electron chi connectivity index (χ3n) is 8.30. The zero-order chi connectivity index (χ0) is 27.3. The zero-order valence-corrected chi connectivity index (χ0v) is 24.0. The van der Waals surface area contributed by atoms with E-state index in [1.165, 1.54) is 11.1 Å². The summed E-state index contributed by atoms with van der Waals surface area (Å²) >= 11 is 0. The minimum Gasteiger partial charge on any atom is -0.491 e. The van der Waals surface area contributed by atoms with Gasteiger partial charge in [0.1, 0.15) is 24.6 Å². The molecule has 1 spiro atoms. The second-order valence-electron chi connectivity index (χ2n) is 11.8. The molecule has 0 saturated carbocycles. The van der Waals surface area contributed by atoms with Gasteiger partial charge in [-0.2, -0.15) is 5.06 Å². The maximum absolute atomic E-state index is 6.65. The molecule has 3 fully saturated rings. The fourth-order valence-corrected chi connectivity index (χ4v) is 6.23. The summed E-state index contributed by atoms with van der Waals surface area (Å²) in [5.41, 5.74) is 1.97. The highest BCUT2D eigenvalue weighted by molar-refractivity contribution is 5.27. The van der Waals surface area contributed by atoms with Gasteiger partial charge in [-0.15, -0.1) is 0 Å². The van der Waals surface area contributed by atoms with Crippen molar-refractivity contribution < 1.29 is 28.5 Å². The van der Waals surface area contributed by atoms with Crippen LogP contribution in [-0.2, 0) is 36.8 Å². The summed E-state index contributed by atoms with van der Waals surface area (Å²) in [6.07, 6.45) is 4.46. The lowest BCUT2D eigenvalue weighted by Crippen LogP contribution is -2.67. The molecular weight excluding hydrogens is 494 g/mol. The normalized spacial score (nSPS) is 27.6. The second-order valence-corrected chi connectivity index (χ2v) is 11.8. The molecule has 3 heterocycles. The van der Waals surface area contributed by atoms with Gasteiger partial charge in [0.15, 0.2) is 5.79 Å². The van der Waals surface area contributed by atoms with Gasteiger partial charge < -0.3 is 23.7 Å². The van der Waals surface area contributed by atoms with E-state index in [1.807, 2.05) is 30.3 Å². The Morgan fingerprint density at radius 2 is 1.62 bits per heavy atom. The number of ether oxygens (including phenoxy) is 5. The minimum atomic E-state index is -0.614. The van der Waals surface area contributed by atoms with Crippen LogP contribution in [-0.4, -0.2) is 67.2 Å². The number of rotatable bonds is 13. The Labute approximate surface area is 233 Å². The quantitative estimate of drug-likeness (QED) is 0.303. The molecule has 3 saturated heterocycles. The number of hydrogen-bond acceptors (Lipinski definition) is 7. The van der Waals surface area contributed by atoms with E-state index in [2.05, 4.69) is 57.0 Å². The van der Waals surface area contributed by atoms with Crippen molar-refractivity contribution in [2.45, 2.75) is 95.5 Å². The van der Waals surface area contributed by atoms with Gasteiger partial charge in [-0.1, -0.05) is 56.3 Å². The molecule has 3 atom stereocenters. The van der Waals surface area contributed by atoms with E-state index in [4.69, 9.17) is 28.5 Å². The Morgan fingerprint density at radius 1 is 0.872 bits per heavy atom. The molecule has 3 unspecified atom stereocenters. The zero-order valence-electron chi connectivity index (χ0n) is 24.0. The first-order valence-corrected chi connectivity index (χ1v) is 14.6. The van der Waals surface area contributed by atoms with E-state index in [0.29, 0.717) is 33.0 Å². The molecule has 3 aliphatic rings. The summed E-state index contributed by atoms with van der Waals surface area (Å²) in [6, 6.07) is 18.6. The van der Waals surface area contributed by atoms with Crippen LogP contribution in [0.5, 0.6) is 5.75 Å². The predicted octanol–water partition coefficient (Wildman–Crippen LogP) is 5.70. The molecule has 7 heteroatoms. The van der Waals surface area contributed by atoms with Crippen LogP contribution in [0.3, 0.4) is 0 Å². The SMILES string of the molecule is CCC1(CC)CC2(CC(C)(C)N1OCCc1ccc(OCC3CO3)cc1)OCC(COCc1ccccc1)O2. The van der Waals surface area contributed by atoms with Crippen molar-refractivity contribution >= 4 is 0 Å². The van der Waals surface area contributed by atoms with Crippen molar-refractivity contribution in [2.24, 2.45) is 0 Å². The van der Waals surface area contributed by atoms with Crippen LogP contribution in [0.2, 0.25) is 0 Å². The molecule has 0 amide bonds. The van der Waals surface area contributed by atoms with E-state index in [1.54, 1.807) is 0 Å². The number of piperidine rings is 1. The molecule has 0 aliphatic carbocycles. The molecule has 0 bridgehead atoms. The average Bonchev–Trinajstić information content (AvgIpc) is 3.70. The number of hydrogen-bond donors (Lipinski definition) is 0. The smallest absolute Gasteiger partial charge is 0.172 e. The summed E-state index contributed by atoms with van der Waals surface area (Å²) in [5.74, 6) is 0.270. The van der Waals surface area contributed by atoms with Crippen LogP contribution >= 0.6 is 0 Å². The van der Waals surface area contributed by atoms with Crippen LogP contribution < -0.4 is 4.74 Å². The van der Waals surface area contributed by atoms with Crippen LogP contribution in [0.1, 0.15) is 64.5 Å². The maximum atomic E-state index is 6.65. The van der Waals surface area contributed by atoms with Gasteiger partial charge in [-0.05, 0) is 56.4 Å². The second kappa shape index (κ2) is 12.2. The molecule has 5 rings (SSSR count). The third-order valence-corrected chi connectivity index (χ3v) is 8.30. The monoisotopic (exact) mass is 539 g/mol. The van der Waals surface area contributed by atoms with Crippen molar-refractivity contribution in [3.63, 3.8) is 0 Å². The van der Waals surface area contributed by atoms with Crippen molar-refractivity contribution in [1.82, 2.24) is 5.06 Å². The molecule has 39 heavy (non-hydrogen) atoms. The van der Waals surface area contributed by atoms with Crippen molar-refractivity contribution in [3.8, 4) is 5.75 Å². The lowest BCUT2D eigenvalue weighted by atomic mass is 9.73. The number of nitrogens with zero attached hydrogens (tertiary/aromatic N) is 1. The Bertz CT molecular complexity index is 1040. The molecule has 3 aliphatic heterocycles. The molecule has 2 aromatic carbocycles. The van der Waals surface area contributed by atoms with E-state index in [-0.39, 0.29) is 23.3 Å². The summed E-state index contributed by atoms with van der Waals surface area (Å²) in [4.78, 5) is 6.61. The highest BCUT2D eigenvalue weighted by atomic mass is 16.8. The Hall–Kier alpha value is -2.00. The van der Waals surface area contributed by atoms with Gasteiger partial charge in [0, 0.05) is 18.4 Å². The highest BCUT2D eigenvalue weighted by Crippen LogP contribution is 2.51. The van der Waals surface area contributed by atoms with Crippen LogP contribution in [0, 0.1) is 0 Å². The van der Waals surface area contributed by atoms with E-state index >= 15 is 0 Å².